The number of halogens is 3. The van der Waals surface area contributed by atoms with Crippen molar-refractivity contribution in [3.63, 3.8) is 0 Å². The van der Waals surface area contributed by atoms with E-state index in [0.717, 1.165) is 10.7 Å². The molecule has 11 heteroatoms. The first-order valence-corrected chi connectivity index (χ1v) is 8.29. The van der Waals surface area contributed by atoms with Gasteiger partial charge in [0, 0.05) is 13.2 Å². The molecular formula is C17H17F3N6O2. The van der Waals surface area contributed by atoms with Crippen molar-refractivity contribution in [1.82, 2.24) is 29.6 Å². The highest BCUT2D eigenvalue weighted by Crippen LogP contribution is 2.28. The minimum absolute atomic E-state index is 0.209. The molecule has 28 heavy (non-hydrogen) atoms. The summed E-state index contributed by atoms with van der Waals surface area (Å²) in [6.45, 7) is 2.93. The van der Waals surface area contributed by atoms with Gasteiger partial charge in [0.25, 0.3) is 5.56 Å². The van der Waals surface area contributed by atoms with Crippen LogP contribution in [0.25, 0.3) is 11.0 Å². The lowest BCUT2D eigenvalue weighted by Crippen LogP contribution is -2.35. The number of hydrogen-bond donors (Lipinski definition) is 1. The number of amides is 1. The molecular weight excluding hydrogens is 377 g/mol. The second kappa shape index (κ2) is 7.06. The predicted octanol–water partition coefficient (Wildman–Crippen LogP) is 1.73. The van der Waals surface area contributed by atoms with E-state index in [1.165, 1.54) is 12.4 Å². The number of carbonyl (C=O) groups excluding carboxylic acids is 1. The highest BCUT2D eigenvalue weighted by atomic mass is 19.4. The summed E-state index contributed by atoms with van der Waals surface area (Å²) in [7, 11) is 1.74. The minimum Gasteiger partial charge on any atom is -0.346 e. The summed E-state index contributed by atoms with van der Waals surface area (Å²) >= 11 is 0. The third-order valence-corrected chi connectivity index (χ3v) is 4.22. The van der Waals surface area contributed by atoms with Crippen LogP contribution in [0.5, 0.6) is 0 Å². The van der Waals surface area contributed by atoms with Crippen LogP contribution in [0.15, 0.2) is 29.5 Å². The van der Waals surface area contributed by atoms with Crippen molar-refractivity contribution in [1.29, 1.82) is 0 Å². The molecule has 0 radical (unpaired) electrons. The Morgan fingerprint density at radius 1 is 1.29 bits per heavy atom. The van der Waals surface area contributed by atoms with Crippen molar-refractivity contribution in [2.24, 2.45) is 7.05 Å². The lowest BCUT2D eigenvalue weighted by molar-refractivity contribution is -0.137. The maximum atomic E-state index is 12.6. The van der Waals surface area contributed by atoms with Crippen LogP contribution in [-0.4, -0.2) is 30.2 Å². The average molecular weight is 394 g/mol. The van der Waals surface area contributed by atoms with Gasteiger partial charge < -0.3 is 9.88 Å². The van der Waals surface area contributed by atoms with Gasteiger partial charge >= 0.3 is 6.18 Å². The van der Waals surface area contributed by atoms with Crippen molar-refractivity contribution in [2.45, 2.75) is 32.6 Å². The number of nitrogens with one attached hydrogen (secondary N) is 1. The normalized spacial score (nSPS) is 12.9. The van der Waals surface area contributed by atoms with Gasteiger partial charge in [-0.2, -0.15) is 18.3 Å². The molecule has 3 aromatic rings. The van der Waals surface area contributed by atoms with E-state index < -0.39 is 29.2 Å². The molecule has 0 spiro atoms. The van der Waals surface area contributed by atoms with Crippen LogP contribution >= 0.6 is 0 Å². The average Bonchev–Trinajstić information content (AvgIpc) is 3.01. The Kier molecular flexibility index (Phi) is 4.92. The maximum absolute atomic E-state index is 12.6. The molecule has 0 fully saturated rings. The SMILES string of the molecule is Cc1nn(CC(=O)N[C@@H](C)c2ccc(C(F)(F)F)cn2)c(=O)c2ncn(C)c12. The Hall–Kier alpha value is -3.24. The van der Waals surface area contributed by atoms with Crippen molar-refractivity contribution in [2.75, 3.05) is 0 Å². The molecule has 0 aromatic carbocycles. The molecule has 148 valence electrons. The Morgan fingerprint density at radius 3 is 2.61 bits per heavy atom. The zero-order chi connectivity index (χ0) is 20.6. The fourth-order valence-corrected chi connectivity index (χ4v) is 2.84. The first-order chi connectivity index (χ1) is 13.1. The van der Waals surface area contributed by atoms with Crippen molar-refractivity contribution < 1.29 is 18.0 Å². The molecule has 3 aromatic heterocycles. The fraction of sp³-hybridized carbons (Fsp3) is 0.353. The molecule has 0 saturated carbocycles. The van der Waals surface area contributed by atoms with E-state index >= 15 is 0 Å². The molecule has 3 heterocycles. The first-order valence-electron chi connectivity index (χ1n) is 8.29. The molecule has 0 bridgehead atoms. The van der Waals surface area contributed by atoms with Gasteiger partial charge in [-0.3, -0.25) is 14.6 Å². The molecule has 1 amide bonds. The van der Waals surface area contributed by atoms with Gasteiger partial charge in [0.1, 0.15) is 6.54 Å². The number of alkyl halides is 3. The van der Waals surface area contributed by atoms with Gasteiger partial charge in [-0.05, 0) is 26.0 Å². The van der Waals surface area contributed by atoms with E-state index in [2.05, 4.69) is 20.4 Å². The molecule has 0 aliphatic heterocycles. The van der Waals surface area contributed by atoms with Crippen molar-refractivity contribution in [3.05, 3.63) is 52.0 Å². The number of hydrogen-bond acceptors (Lipinski definition) is 5. The van der Waals surface area contributed by atoms with Crippen LogP contribution in [0, 0.1) is 6.92 Å². The Bertz CT molecular complexity index is 1090. The van der Waals surface area contributed by atoms with Crippen LogP contribution in [0.3, 0.4) is 0 Å². The van der Waals surface area contributed by atoms with Gasteiger partial charge in [0.15, 0.2) is 5.52 Å². The highest BCUT2D eigenvalue weighted by Gasteiger charge is 2.30. The lowest BCUT2D eigenvalue weighted by Gasteiger charge is -2.15. The third-order valence-electron chi connectivity index (χ3n) is 4.22. The van der Waals surface area contributed by atoms with Crippen LogP contribution in [0.2, 0.25) is 0 Å². The van der Waals surface area contributed by atoms with E-state index in [1.54, 1.807) is 25.5 Å². The van der Waals surface area contributed by atoms with Crippen LogP contribution < -0.4 is 10.9 Å². The van der Waals surface area contributed by atoms with Gasteiger partial charge in [0.2, 0.25) is 5.91 Å². The predicted molar refractivity (Wildman–Crippen MR) is 93.3 cm³/mol. The molecule has 0 aliphatic rings. The first kappa shape index (κ1) is 19.5. The molecule has 1 atom stereocenters. The number of fused-ring (bicyclic) bond motifs is 1. The number of aromatic nitrogens is 5. The van der Waals surface area contributed by atoms with E-state index in [1.807, 2.05) is 0 Å². The van der Waals surface area contributed by atoms with Gasteiger partial charge in [0.05, 0.1) is 34.8 Å². The van der Waals surface area contributed by atoms with E-state index in [4.69, 9.17) is 0 Å². The molecule has 0 aliphatic carbocycles. The van der Waals surface area contributed by atoms with E-state index in [9.17, 15) is 22.8 Å². The Morgan fingerprint density at radius 2 is 2.00 bits per heavy atom. The molecule has 3 rings (SSSR count). The smallest absolute Gasteiger partial charge is 0.346 e. The Labute approximate surface area is 157 Å². The number of nitrogens with zero attached hydrogens (tertiary/aromatic N) is 5. The standard InChI is InChI=1S/C17H17F3N6O2/c1-9(12-5-4-11(6-21-12)17(18,19)20)23-13(27)7-26-16(28)14-15(10(2)24-26)25(3)8-22-14/h4-6,8-9H,7H2,1-3H3,(H,23,27)/t9-/m0/s1. The number of carbonyl (C=O) groups is 1. The molecule has 0 unspecified atom stereocenters. The third kappa shape index (κ3) is 3.73. The second-order valence-corrected chi connectivity index (χ2v) is 6.36. The van der Waals surface area contributed by atoms with Gasteiger partial charge in [-0.15, -0.1) is 0 Å². The summed E-state index contributed by atoms with van der Waals surface area (Å²) in [5.74, 6) is -0.529. The largest absolute Gasteiger partial charge is 0.417 e. The van der Waals surface area contributed by atoms with Crippen LogP contribution in [0.4, 0.5) is 13.2 Å². The Balaban J connectivity index is 1.74. The second-order valence-electron chi connectivity index (χ2n) is 6.36. The van der Waals surface area contributed by atoms with Crippen molar-refractivity contribution in [3.8, 4) is 0 Å². The maximum Gasteiger partial charge on any atom is 0.417 e. The van der Waals surface area contributed by atoms with Gasteiger partial charge in [-0.1, -0.05) is 0 Å². The summed E-state index contributed by atoms with van der Waals surface area (Å²) in [4.78, 5) is 32.5. The van der Waals surface area contributed by atoms with Crippen molar-refractivity contribution >= 4 is 16.9 Å². The summed E-state index contributed by atoms with van der Waals surface area (Å²) in [6.07, 6.45) is -2.28. The van der Waals surface area contributed by atoms with E-state index in [0.29, 0.717) is 17.4 Å². The number of imidazole rings is 1. The summed E-state index contributed by atoms with van der Waals surface area (Å²) in [5.41, 5.74) is 0.225. The van der Waals surface area contributed by atoms with Gasteiger partial charge in [-0.25, -0.2) is 9.67 Å². The fourth-order valence-electron chi connectivity index (χ4n) is 2.84. The summed E-state index contributed by atoms with van der Waals surface area (Å²) in [6, 6.07) is 1.45. The topological polar surface area (TPSA) is 94.7 Å². The quantitative estimate of drug-likeness (QED) is 0.727. The zero-order valence-corrected chi connectivity index (χ0v) is 15.3. The summed E-state index contributed by atoms with van der Waals surface area (Å²) < 4.78 is 40.5. The number of aryl methyl sites for hydroxylation is 2. The number of pyridine rings is 1. The highest BCUT2D eigenvalue weighted by molar-refractivity contribution is 5.78. The summed E-state index contributed by atoms with van der Waals surface area (Å²) in [5, 5.41) is 6.73. The lowest BCUT2D eigenvalue weighted by atomic mass is 10.2. The molecule has 1 N–H and O–H groups in total. The van der Waals surface area contributed by atoms with E-state index in [-0.39, 0.29) is 17.8 Å². The molecule has 8 nitrogen and oxygen atoms in total. The zero-order valence-electron chi connectivity index (χ0n) is 15.3. The number of rotatable bonds is 4. The van der Waals surface area contributed by atoms with Crippen LogP contribution in [0.1, 0.15) is 29.9 Å². The molecule has 0 saturated heterocycles. The monoisotopic (exact) mass is 394 g/mol. The minimum atomic E-state index is -4.48. The van der Waals surface area contributed by atoms with Crippen LogP contribution in [-0.2, 0) is 24.6 Å².